The van der Waals surface area contributed by atoms with E-state index in [2.05, 4.69) is 4.98 Å². The minimum atomic E-state index is -0.725. The summed E-state index contributed by atoms with van der Waals surface area (Å²) < 4.78 is 17.1. The second-order valence-electron chi connectivity index (χ2n) is 4.98. The summed E-state index contributed by atoms with van der Waals surface area (Å²) in [6, 6.07) is 0. The summed E-state index contributed by atoms with van der Waals surface area (Å²) in [7, 11) is 1.57. The SMILES string of the molecule is COCCOC[C@H]1O[C@@H](n2cc(C)c(=O)[nH]c2=O)C[C@@H]1O. The molecule has 1 aliphatic heterocycles. The van der Waals surface area contributed by atoms with Gasteiger partial charge in [0.15, 0.2) is 0 Å². The van der Waals surface area contributed by atoms with Gasteiger partial charge in [0.1, 0.15) is 12.3 Å². The quantitative estimate of drug-likeness (QED) is 0.664. The molecule has 0 saturated carbocycles. The largest absolute Gasteiger partial charge is 0.390 e. The first-order chi connectivity index (χ1) is 10.0. The Labute approximate surface area is 121 Å². The zero-order valence-electron chi connectivity index (χ0n) is 12.1. The van der Waals surface area contributed by atoms with Crippen molar-refractivity contribution in [2.24, 2.45) is 0 Å². The standard InChI is InChI=1S/C13H20N2O6/c1-8-6-15(13(18)14-12(8)17)11-5-9(16)10(21-11)7-20-4-3-19-2/h6,9-11,16H,3-5,7H2,1-2H3,(H,14,17,18)/t9-,10+,11+/m0/s1. The fourth-order valence-corrected chi connectivity index (χ4v) is 2.18. The third kappa shape index (κ3) is 3.79. The molecule has 2 N–H and O–H groups in total. The number of H-pyrrole nitrogens is 1. The number of nitrogens with one attached hydrogen (secondary N) is 1. The van der Waals surface area contributed by atoms with Gasteiger partial charge in [0.25, 0.3) is 5.56 Å². The number of ether oxygens (including phenoxy) is 3. The molecule has 0 spiro atoms. The molecule has 2 rings (SSSR count). The molecule has 1 fully saturated rings. The van der Waals surface area contributed by atoms with Crippen molar-refractivity contribution in [2.45, 2.75) is 31.8 Å². The molecule has 1 aromatic heterocycles. The van der Waals surface area contributed by atoms with E-state index in [0.29, 0.717) is 18.8 Å². The number of methoxy groups -OCH3 is 1. The van der Waals surface area contributed by atoms with Gasteiger partial charge in [-0.1, -0.05) is 0 Å². The van der Waals surface area contributed by atoms with E-state index >= 15 is 0 Å². The first-order valence-electron chi connectivity index (χ1n) is 6.75. The summed E-state index contributed by atoms with van der Waals surface area (Å²) >= 11 is 0. The summed E-state index contributed by atoms with van der Waals surface area (Å²) in [5.74, 6) is 0. The van der Waals surface area contributed by atoms with Crippen LogP contribution in [0.3, 0.4) is 0 Å². The molecule has 0 radical (unpaired) electrons. The Bertz CT molecular complexity index is 581. The monoisotopic (exact) mass is 300 g/mol. The number of aliphatic hydroxyl groups is 1. The fraction of sp³-hybridized carbons (Fsp3) is 0.692. The highest BCUT2D eigenvalue weighted by molar-refractivity contribution is 5.02. The number of rotatable bonds is 6. The van der Waals surface area contributed by atoms with Crippen molar-refractivity contribution in [3.05, 3.63) is 32.6 Å². The van der Waals surface area contributed by atoms with E-state index < -0.39 is 29.7 Å². The van der Waals surface area contributed by atoms with Gasteiger partial charge in [0, 0.05) is 25.3 Å². The molecule has 0 amide bonds. The zero-order chi connectivity index (χ0) is 15.4. The number of hydrogen-bond donors (Lipinski definition) is 2. The topological polar surface area (TPSA) is 103 Å². The summed E-state index contributed by atoms with van der Waals surface area (Å²) in [5.41, 5.74) is -0.564. The van der Waals surface area contributed by atoms with Crippen molar-refractivity contribution in [1.29, 1.82) is 0 Å². The predicted octanol–water partition coefficient (Wildman–Crippen LogP) is -0.844. The minimum Gasteiger partial charge on any atom is -0.390 e. The van der Waals surface area contributed by atoms with Crippen molar-refractivity contribution in [3.63, 3.8) is 0 Å². The highest BCUT2D eigenvalue weighted by Crippen LogP contribution is 2.27. The van der Waals surface area contributed by atoms with E-state index in [1.54, 1.807) is 14.0 Å². The van der Waals surface area contributed by atoms with Crippen molar-refractivity contribution >= 4 is 0 Å². The number of hydrogen-bond acceptors (Lipinski definition) is 6. The van der Waals surface area contributed by atoms with Crippen LogP contribution in [0.2, 0.25) is 0 Å². The van der Waals surface area contributed by atoms with Crippen LogP contribution in [0.5, 0.6) is 0 Å². The maximum Gasteiger partial charge on any atom is 0.330 e. The van der Waals surface area contributed by atoms with E-state index in [1.165, 1.54) is 10.8 Å². The van der Waals surface area contributed by atoms with Crippen LogP contribution in [0.4, 0.5) is 0 Å². The Balaban J connectivity index is 2.02. The Kier molecular flexibility index (Phi) is 5.29. The number of aryl methyl sites for hydroxylation is 1. The Hall–Kier alpha value is -1.48. The first-order valence-corrected chi connectivity index (χ1v) is 6.75. The lowest BCUT2D eigenvalue weighted by Gasteiger charge is -2.16. The summed E-state index contributed by atoms with van der Waals surface area (Å²) in [4.78, 5) is 25.4. The van der Waals surface area contributed by atoms with Gasteiger partial charge >= 0.3 is 5.69 Å². The van der Waals surface area contributed by atoms with E-state index in [0.717, 1.165) is 0 Å². The molecular formula is C13H20N2O6. The second-order valence-corrected chi connectivity index (χ2v) is 4.98. The molecule has 0 unspecified atom stereocenters. The maximum atomic E-state index is 11.8. The van der Waals surface area contributed by atoms with Crippen molar-refractivity contribution in [1.82, 2.24) is 9.55 Å². The molecule has 8 heteroatoms. The molecule has 8 nitrogen and oxygen atoms in total. The number of aliphatic hydroxyl groups excluding tert-OH is 1. The lowest BCUT2D eigenvalue weighted by atomic mass is 10.2. The Morgan fingerprint density at radius 2 is 2.24 bits per heavy atom. The van der Waals surface area contributed by atoms with E-state index in [1.807, 2.05) is 0 Å². The molecule has 0 aliphatic carbocycles. The average Bonchev–Trinajstić information content (AvgIpc) is 2.80. The molecule has 0 bridgehead atoms. The highest BCUT2D eigenvalue weighted by Gasteiger charge is 2.35. The van der Waals surface area contributed by atoms with Gasteiger partial charge in [-0.2, -0.15) is 0 Å². The summed E-state index contributed by atoms with van der Waals surface area (Å²) in [5, 5.41) is 9.97. The van der Waals surface area contributed by atoms with Crippen LogP contribution in [0.15, 0.2) is 15.8 Å². The summed E-state index contributed by atoms with van der Waals surface area (Å²) in [6.45, 7) is 2.69. The first kappa shape index (κ1) is 15.9. The Morgan fingerprint density at radius 1 is 1.48 bits per heavy atom. The van der Waals surface area contributed by atoms with Gasteiger partial charge < -0.3 is 19.3 Å². The van der Waals surface area contributed by atoms with Gasteiger partial charge in [-0.25, -0.2) is 4.79 Å². The van der Waals surface area contributed by atoms with E-state index in [9.17, 15) is 14.7 Å². The van der Waals surface area contributed by atoms with Gasteiger partial charge in [-0.15, -0.1) is 0 Å². The average molecular weight is 300 g/mol. The van der Waals surface area contributed by atoms with Gasteiger partial charge in [0.05, 0.1) is 25.9 Å². The van der Waals surface area contributed by atoms with Crippen LogP contribution in [0.1, 0.15) is 18.2 Å². The molecular weight excluding hydrogens is 280 g/mol. The third-order valence-electron chi connectivity index (χ3n) is 3.37. The zero-order valence-corrected chi connectivity index (χ0v) is 12.1. The molecule has 21 heavy (non-hydrogen) atoms. The molecule has 3 atom stereocenters. The van der Waals surface area contributed by atoms with Crippen LogP contribution in [0.25, 0.3) is 0 Å². The predicted molar refractivity (Wildman–Crippen MR) is 73.3 cm³/mol. The molecule has 1 aliphatic rings. The lowest BCUT2D eigenvalue weighted by Crippen LogP contribution is -2.33. The van der Waals surface area contributed by atoms with Gasteiger partial charge in [-0.3, -0.25) is 14.3 Å². The number of aromatic nitrogens is 2. The molecule has 0 aromatic carbocycles. The van der Waals surface area contributed by atoms with Crippen LogP contribution in [-0.4, -0.2) is 53.8 Å². The molecule has 118 valence electrons. The molecule has 1 aromatic rings. The van der Waals surface area contributed by atoms with E-state index in [4.69, 9.17) is 14.2 Å². The molecule has 2 heterocycles. The fourth-order valence-electron chi connectivity index (χ4n) is 2.18. The smallest absolute Gasteiger partial charge is 0.330 e. The summed E-state index contributed by atoms with van der Waals surface area (Å²) in [6.07, 6.45) is -0.141. The van der Waals surface area contributed by atoms with E-state index in [-0.39, 0.29) is 13.0 Å². The van der Waals surface area contributed by atoms with Crippen molar-refractivity contribution < 1.29 is 19.3 Å². The number of aromatic amines is 1. The van der Waals surface area contributed by atoms with Gasteiger partial charge in [0.2, 0.25) is 0 Å². The lowest BCUT2D eigenvalue weighted by molar-refractivity contribution is -0.0685. The van der Waals surface area contributed by atoms with Crippen LogP contribution in [-0.2, 0) is 14.2 Å². The maximum absolute atomic E-state index is 11.8. The third-order valence-corrected chi connectivity index (χ3v) is 3.37. The normalized spacial score (nSPS) is 25.4. The van der Waals surface area contributed by atoms with Crippen LogP contribution >= 0.6 is 0 Å². The van der Waals surface area contributed by atoms with Crippen LogP contribution in [0, 0.1) is 6.92 Å². The van der Waals surface area contributed by atoms with Crippen LogP contribution < -0.4 is 11.2 Å². The Morgan fingerprint density at radius 3 is 2.95 bits per heavy atom. The number of nitrogens with zero attached hydrogens (tertiary/aromatic N) is 1. The van der Waals surface area contributed by atoms with Crippen molar-refractivity contribution in [3.8, 4) is 0 Å². The molecule has 1 saturated heterocycles. The van der Waals surface area contributed by atoms with Gasteiger partial charge in [-0.05, 0) is 6.92 Å². The minimum absolute atomic E-state index is 0.220. The highest BCUT2D eigenvalue weighted by atomic mass is 16.6. The second kappa shape index (κ2) is 6.99. The van der Waals surface area contributed by atoms with Crippen molar-refractivity contribution in [2.75, 3.05) is 26.9 Å².